The molecular formula is C30H24O4. The number of ketones is 1. The molecule has 4 heteroatoms. The van der Waals surface area contributed by atoms with E-state index >= 15 is 0 Å². The lowest BCUT2D eigenvalue weighted by Gasteiger charge is -2.17. The number of hydrogen-bond donors (Lipinski definition) is 1. The van der Waals surface area contributed by atoms with Crippen LogP contribution in [0, 0.1) is 0 Å². The van der Waals surface area contributed by atoms with Gasteiger partial charge in [-0.05, 0) is 78.3 Å². The van der Waals surface area contributed by atoms with Crippen molar-refractivity contribution in [1.82, 2.24) is 0 Å². The third-order valence-corrected chi connectivity index (χ3v) is 6.28. The minimum absolute atomic E-state index is 0.0414. The van der Waals surface area contributed by atoms with Crippen LogP contribution in [0.3, 0.4) is 0 Å². The fourth-order valence-corrected chi connectivity index (χ4v) is 4.38. The molecule has 0 saturated carbocycles. The van der Waals surface area contributed by atoms with E-state index < -0.39 is 5.97 Å². The van der Waals surface area contributed by atoms with Gasteiger partial charge in [-0.2, -0.15) is 0 Å². The number of phenols is 1. The van der Waals surface area contributed by atoms with Gasteiger partial charge in [-0.15, -0.1) is 0 Å². The van der Waals surface area contributed by atoms with Crippen molar-refractivity contribution >= 4 is 11.8 Å². The molecule has 0 heterocycles. The molecule has 1 N–H and O–H groups in total. The second kappa shape index (κ2) is 9.36. The van der Waals surface area contributed by atoms with Gasteiger partial charge >= 0.3 is 5.97 Å². The Kier molecular flexibility index (Phi) is 5.96. The first-order chi connectivity index (χ1) is 16.6. The van der Waals surface area contributed by atoms with Crippen LogP contribution in [0.1, 0.15) is 48.5 Å². The Morgan fingerprint density at radius 1 is 0.647 bits per heavy atom. The summed E-state index contributed by atoms with van der Waals surface area (Å²) in [4.78, 5) is 26.0. The van der Waals surface area contributed by atoms with Crippen LogP contribution < -0.4 is 4.74 Å². The van der Waals surface area contributed by atoms with Gasteiger partial charge < -0.3 is 9.84 Å². The maximum Gasteiger partial charge on any atom is 0.343 e. The lowest BCUT2D eigenvalue weighted by atomic mass is 9.89. The summed E-state index contributed by atoms with van der Waals surface area (Å²) in [5, 5.41) is 10.7. The van der Waals surface area contributed by atoms with E-state index in [1.54, 1.807) is 30.3 Å². The van der Waals surface area contributed by atoms with E-state index in [0.29, 0.717) is 53.7 Å². The van der Waals surface area contributed by atoms with Gasteiger partial charge in [-0.25, -0.2) is 4.79 Å². The highest BCUT2D eigenvalue weighted by atomic mass is 16.5. The average Bonchev–Trinajstić information content (AvgIpc) is 2.87. The van der Waals surface area contributed by atoms with Crippen molar-refractivity contribution < 1.29 is 19.4 Å². The molecule has 4 bridgehead atoms. The Morgan fingerprint density at radius 2 is 1.29 bits per heavy atom. The smallest absolute Gasteiger partial charge is 0.343 e. The molecule has 168 valence electrons. The van der Waals surface area contributed by atoms with Crippen LogP contribution in [0.25, 0.3) is 0 Å². The van der Waals surface area contributed by atoms with E-state index in [0.717, 1.165) is 16.7 Å². The van der Waals surface area contributed by atoms with Gasteiger partial charge in [0.05, 0.1) is 5.56 Å². The molecule has 0 aromatic heterocycles. The average molecular weight is 449 g/mol. The van der Waals surface area contributed by atoms with Gasteiger partial charge in [0.15, 0.2) is 5.78 Å². The number of aromatic hydroxyl groups is 1. The quantitative estimate of drug-likeness (QED) is 0.246. The molecule has 0 saturated heterocycles. The molecule has 0 aliphatic heterocycles. The Labute approximate surface area is 198 Å². The van der Waals surface area contributed by atoms with Crippen LogP contribution in [0.15, 0.2) is 91.0 Å². The second-order valence-electron chi connectivity index (χ2n) is 8.53. The largest absolute Gasteiger partial charge is 0.508 e. The maximum absolute atomic E-state index is 13.3. The number of phenolic OH excluding ortho intramolecular Hbond substituents is 1. The van der Waals surface area contributed by atoms with Crippen LogP contribution in [0.2, 0.25) is 0 Å². The third kappa shape index (κ3) is 4.48. The van der Waals surface area contributed by atoms with Gasteiger partial charge in [0.25, 0.3) is 0 Å². The van der Waals surface area contributed by atoms with E-state index in [-0.39, 0.29) is 11.5 Å². The molecule has 34 heavy (non-hydrogen) atoms. The molecule has 8 rings (SSSR count). The first-order valence-corrected chi connectivity index (χ1v) is 11.4. The number of aryl methyl sites for hydroxylation is 4. The molecule has 0 fully saturated rings. The SMILES string of the molecule is O=C(Oc1cc2ccc1CCc1cc(C(=O)c3ccccc3)c(cc1O)CC2)c1ccccc1. The maximum atomic E-state index is 13.3. The molecule has 0 unspecified atom stereocenters. The predicted molar refractivity (Wildman–Crippen MR) is 131 cm³/mol. The zero-order valence-corrected chi connectivity index (χ0v) is 18.7. The fourth-order valence-electron chi connectivity index (χ4n) is 4.38. The van der Waals surface area contributed by atoms with Gasteiger partial charge in [-0.3, -0.25) is 4.79 Å². The monoisotopic (exact) mass is 448 g/mol. The lowest BCUT2D eigenvalue weighted by molar-refractivity contribution is 0.0732. The van der Waals surface area contributed by atoms with Crippen molar-refractivity contribution in [3.63, 3.8) is 0 Å². The van der Waals surface area contributed by atoms with E-state index in [9.17, 15) is 14.7 Å². The van der Waals surface area contributed by atoms with Crippen molar-refractivity contribution in [2.24, 2.45) is 0 Å². The van der Waals surface area contributed by atoms with Crippen molar-refractivity contribution in [1.29, 1.82) is 0 Å². The normalized spacial score (nSPS) is 12.6. The van der Waals surface area contributed by atoms with Crippen LogP contribution >= 0.6 is 0 Å². The fraction of sp³-hybridized carbons (Fsp3) is 0.133. The van der Waals surface area contributed by atoms with Crippen LogP contribution in [-0.4, -0.2) is 16.9 Å². The Hall–Kier alpha value is -4.18. The molecular weight excluding hydrogens is 424 g/mol. The number of carbonyl (C=O) groups excluding carboxylic acids is 2. The Balaban J connectivity index is 1.48. The van der Waals surface area contributed by atoms with Gasteiger partial charge in [0.2, 0.25) is 0 Å². The van der Waals surface area contributed by atoms with Crippen molar-refractivity contribution in [3.8, 4) is 11.5 Å². The summed E-state index contributed by atoms with van der Waals surface area (Å²) in [5.74, 6) is 0.298. The molecule has 4 aliphatic carbocycles. The lowest BCUT2D eigenvalue weighted by Crippen LogP contribution is -2.12. The van der Waals surface area contributed by atoms with E-state index in [4.69, 9.17) is 4.74 Å². The summed E-state index contributed by atoms with van der Waals surface area (Å²) >= 11 is 0. The zero-order valence-electron chi connectivity index (χ0n) is 18.7. The van der Waals surface area contributed by atoms with E-state index in [2.05, 4.69) is 0 Å². The summed E-state index contributed by atoms with van der Waals surface area (Å²) in [6.07, 6.45) is 2.29. The summed E-state index contributed by atoms with van der Waals surface area (Å²) in [6.45, 7) is 0. The number of esters is 1. The number of rotatable bonds is 4. The Bertz CT molecular complexity index is 1360. The highest BCUT2D eigenvalue weighted by Crippen LogP contribution is 2.31. The van der Waals surface area contributed by atoms with E-state index in [1.165, 1.54) is 0 Å². The second-order valence-corrected chi connectivity index (χ2v) is 8.53. The molecule has 0 spiro atoms. The van der Waals surface area contributed by atoms with Crippen molar-refractivity contribution in [3.05, 3.63) is 130 Å². The molecule has 4 aliphatic rings. The van der Waals surface area contributed by atoms with E-state index in [1.807, 2.05) is 60.7 Å². The zero-order chi connectivity index (χ0) is 23.5. The van der Waals surface area contributed by atoms with Gasteiger partial charge in [0, 0.05) is 11.1 Å². The van der Waals surface area contributed by atoms with Gasteiger partial charge in [0.1, 0.15) is 11.5 Å². The number of carbonyl (C=O) groups is 2. The number of hydrogen-bond acceptors (Lipinski definition) is 4. The summed E-state index contributed by atoms with van der Waals surface area (Å²) < 4.78 is 5.79. The molecule has 4 aromatic rings. The first-order valence-electron chi connectivity index (χ1n) is 11.4. The standard InChI is InChI=1S/C30H24O4/c31-27-19-24-14-12-20-11-13-21(28(17-20)34-30(33)23-9-5-2-6-10-23)15-16-25(27)18-26(24)29(32)22-7-3-1-4-8-22/h1-11,13,17-19,31H,12,14-16H2. The Morgan fingerprint density at radius 3 is 2.03 bits per heavy atom. The molecule has 0 radical (unpaired) electrons. The van der Waals surface area contributed by atoms with Crippen LogP contribution in [-0.2, 0) is 25.7 Å². The van der Waals surface area contributed by atoms with Crippen LogP contribution in [0.4, 0.5) is 0 Å². The first kappa shape index (κ1) is 21.7. The molecule has 0 amide bonds. The number of ether oxygens (including phenoxy) is 1. The number of benzene rings is 4. The van der Waals surface area contributed by atoms with Crippen LogP contribution in [0.5, 0.6) is 11.5 Å². The summed E-state index contributed by atoms with van der Waals surface area (Å²) in [7, 11) is 0. The summed E-state index contributed by atoms with van der Waals surface area (Å²) in [5.41, 5.74) is 5.15. The topological polar surface area (TPSA) is 63.6 Å². The molecule has 0 atom stereocenters. The minimum atomic E-state index is -0.395. The highest BCUT2D eigenvalue weighted by Gasteiger charge is 2.20. The molecule has 4 aromatic carbocycles. The van der Waals surface area contributed by atoms with Crippen molar-refractivity contribution in [2.75, 3.05) is 0 Å². The molecule has 4 nitrogen and oxygen atoms in total. The van der Waals surface area contributed by atoms with Crippen molar-refractivity contribution in [2.45, 2.75) is 25.7 Å². The summed E-state index contributed by atoms with van der Waals surface area (Å²) in [6, 6.07) is 27.7. The predicted octanol–water partition coefficient (Wildman–Crippen LogP) is 5.73. The minimum Gasteiger partial charge on any atom is -0.508 e. The highest BCUT2D eigenvalue weighted by molar-refractivity contribution is 6.10. The van der Waals surface area contributed by atoms with Gasteiger partial charge in [-0.1, -0.05) is 60.7 Å². The third-order valence-electron chi connectivity index (χ3n) is 6.28.